The number of β-lactam (4-membered cyclic amide) rings is 1. The zero-order chi connectivity index (χ0) is 14.1. The van der Waals surface area contributed by atoms with E-state index in [1.54, 1.807) is 0 Å². The predicted molar refractivity (Wildman–Crippen MR) is 79.2 cm³/mol. The molecule has 0 spiro atoms. The second-order valence-corrected chi connectivity index (χ2v) is 5.41. The highest BCUT2D eigenvalue weighted by atomic mass is 35.5. The van der Waals surface area contributed by atoms with Crippen molar-refractivity contribution in [3.63, 3.8) is 0 Å². The van der Waals surface area contributed by atoms with Crippen molar-refractivity contribution >= 4 is 17.5 Å². The molecule has 3 nitrogen and oxygen atoms in total. The normalized spacial score (nSPS) is 21.7. The summed E-state index contributed by atoms with van der Waals surface area (Å²) in [4.78, 5) is 13.8. The lowest BCUT2D eigenvalue weighted by atomic mass is 9.88. The molecular formula is C16H15ClN2O. The SMILES string of the molecule is NC1C(=O)N(Cc2ccccc2)C1c1ccc(Cl)cc1. The van der Waals surface area contributed by atoms with Crippen molar-refractivity contribution in [2.75, 3.05) is 0 Å². The van der Waals surface area contributed by atoms with Gasteiger partial charge in [0.1, 0.15) is 6.04 Å². The second-order valence-electron chi connectivity index (χ2n) is 4.97. The maximum atomic E-state index is 12.0. The fourth-order valence-corrected chi connectivity index (χ4v) is 2.70. The number of hydrogen-bond donors (Lipinski definition) is 1. The second kappa shape index (κ2) is 5.27. The van der Waals surface area contributed by atoms with Gasteiger partial charge in [0.25, 0.3) is 0 Å². The van der Waals surface area contributed by atoms with Crippen molar-refractivity contribution in [2.45, 2.75) is 18.6 Å². The van der Waals surface area contributed by atoms with E-state index >= 15 is 0 Å². The number of hydrogen-bond acceptors (Lipinski definition) is 2. The van der Waals surface area contributed by atoms with Crippen LogP contribution < -0.4 is 5.73 Å². The third-order valence-corrected chi connectivity index (χ3v) is 3.90. The molecule has 0 aromatic heterocycles. The number of carbonyl (C=O) groups is 1. The minimum absolute atomic E-state index is 0.00574. The number of carbonyl (C=O) groups excluding carboxylic acids is 1. The van der Waals surface area contributed by atoms with E-state index in [9.17, 15) is 4.79 Å². The van der Waals surface area contributed by atoms with Gasteiger partial charge in [-0.15, -0.1) is 0 Å². The summed E-state index contributed by atoms with van der Waals surface area (Å²) >= 11 is 5.90. The minimum atomic E-state index is -0.458. The Labute approximate surface area is 123 Å². The molecule has 0 bridgehead atoms. The highest BCUT2D eigenvalue weighted by molar-refractivity contribution is 6.30. The van der Waals surface area contributed by atoms with E-state index in [0.29, 0.717) is 11.6 Å². The summed E-state index contributed by atoms with van der Waals surface area (Å²) in [5, 5.41) is 0.683. The molecule has 4 heteroatoms. The van der Waals surface area contributed by atoms with E-state index in [2.05, 4.69) is 0 Å². The summed E-state index contributed by atoms with van der Waals surface area (Å²) in [7, 11) is 0. The number of benzene rings is 2. The van der Waals surface area contributed by atoms with Crippen molar-refractivity contribution in [3.8, 4) is 0 Å². The first kappa shape index (κ1) is 13.2. The van der Waals surface area contributed by atoms with Crippen molar-refractivity contribution in [3.05, 3.63) is 70.7 Å². The van der Waals surface area contributed by atoms with Crippen LogP contribution in [0, 0.1) is 0 Å². The van der Waals surface area contributed by atoms with Crippen LogP contribution in [0.25, 0.3) is 0 Å². The van der Waals surface area contributed by atoms with Gasteiger partial charge >= 0.3 is 0 Å². The van der Waals surface area contributed by atoms with Crippen molar-refractivity contribution in [1.29, 1.82) is 0 Å². The van der Waals surface area contributed by atoms with E-state index in [1.807, 2.05) is 59.5 Å². The average Bonchev–Trinajstić information content (AvgIpc) is 2.49. The topological polar surface area (TPSA) is 46.3 Å². The molecule has 0 saturated carbocycles. The van der Waals surface area contributed by atoms with Gasteiger partial charge in [-0.05, 0) is 23.3 Å². The minimum Gasteiger partial charge on any atom is -0.328 e. The molecule has 1 aliphatic rings. The number of nitrogens with two attached hydrogens (primary N) is 1. The van der Waals surface area contributed by atoms with Gasteiger partial charge in [-0.3, -0.25) is 4.79 Å². The molecule has 1 saturated heterocycles. The van der Waals surface area contributed by atoms with Crippen LogP contribution in [0.15, 0.2) is 54.6 Å². The number of halogens is 1. The van der Waals surface area contributed by atoms with E-state index in [1.165, 1.54) is 0 Å². The Hall–Kier alpha value is -1.84. The summed E-state index contributed by atoms with van der Waals surface area (Å²) in [6.07, 6.45) is 0. The maximum Gasteiger partial charge on any atom is 0.242 e. The molecule has 2 aromatic rings. The first-order valence-electron chi connectivity index (χ1n) is 6.52. The van der Waals surface area contributed by atoms with Crippen LogP contribution >= 0.6 is 11.6 Å². The van der Waals surface area contributed by atoms with Crippen molar-refractivity contribution in [2.24, 2.45) is 5.73 Å². The maximum absolute atomic E-state index is 12.0. The molecule has 1 fully saturated rings. The van der Waals surface area contributed by atoms with E-state index in [4.69, 9.17) is 17.3 Å². The Bertz CT molecular complexity index is 612. The Kier molecular flexibility index (Phi) is 3.47. The molecule has 3 rings (SSSR count). The van der Waals surface area contributed by atoms with Crippen LogP contribution in [-0.2, 0) is 11.3 Å². The highest BCUT2D eigenvalue weighted by Gasteiger charge is 2.45. The van der Waals surface area contributed by atoms with E-state index in [-0.39, 0.29) is 11.9 Å². The lowest BCUT2D eigenvalue weighted by Crippen LogP contribution is -2.62. The lowest BCUT2D eigenvalue weighted by molar-refractivity contribution is -0.150. The highest BCUT2D eigenvalue weighted by Crippen LogP contribution is 2.35. The Morgan fingerprint density at radius 3 is 2.35 bits per heavy atom. The molecule has 1 amide bonds. The van der Waals surface area contributed by atoms with Gasteiger partial charge in [0, 0.05) is 11.6 Å². The molecule has 0 radical (unpaired) electrons. The molecule has 2 unspecified atom stereocenters. The van der Waals surface area contributed by atoms with Crippen LogP contribution in [0.1, 0.15) is 17.2 Å². The van der Waals surface area contributed by atoms with Gasteiger partial charge in [-0.2, -0.15) is 0 Å². The predicted octanol–water partition coefficient (Wildman–Crippen LogP) is 2.75. The van der Waals surface area contributed by atoms with Crippen LogP contribution in [0.5, 0.6) is 0 Å². The molecule has 2 aromatic carbocycles. The number of rotatable bonds is 3. The summed E-state index contributed by atoms with van der Waals surface area (Å²) in [5.41, 5.74) is 8.09. The molecule has 1 aliphatic heterocycles. The number of nitrogens with zero attached hydrogens (tertiary/aromatic N) is 1. The quantitative estimate of drug-likeness (QED) is 0.882. The van der Waals surface area contributed by atoms with Crippen LogP contribution in [0.3, 0.4) is 0 Å². The fourth-order valence-electron chi connectivity index (χ4n) is 2.58. The molecule has 2 N–H and O–H groups in total. The van der Waals surface area contributed by atoms with Crippen LogP contribution in [0.2, 0.25) is 5.02 Å². The summed E-state index contributed by atoms with van der Waals surface area (Å²) in [5.74, 6) is -0.00574. The summed E-state index contributed by atoms with van der Waals surface area (Å²) < 4.78 is 0. The lowest BCUT2D eigenvalue weighted by Gasteiger charge is -2.45. The van der Waals surface area contributed by atoms with Gasteiger partial charge in [-0.25, -0.2) is 0 Å². The van der Waals surface area contributed by atoms with Gasteiger partial charge < -0.3 is 10.6 Å². The van der Waals surface area contributed by atoms with Gasteiger partial charge in [-0.1, -0.05) is 54.1 Å². The van der Waals surface area contributed by atoms with Gasteiger partial charge in [0.15, 0.2) is 0 Å². The average molecular weight is 287 g/mol. The molecule has 2 atom stereocenters. The number of amides is 1. The Morgan fingerprint density at radius 2 is 1.70 bits per heavy atom. The number of likely N-dealkylation sites (tertiary alicyclic amines) is 1. The first-order valence-corrected chi connectivity index (χ1v) is 6.90. The summed E-state index contributed by atoms with van der Waals surface area (Å²) in [6.45, 7) is 0.584. The first-order chi connectivity index (χ1) is 9.66. The molecule has 102 valence electrons. The van der Waals surface area contributed by atoms with Gasteiger partial charge in [0.2, 0.25) is 5.91 Å². The third kappa shape index (κ3) is 2.30. The largest absolute Gasteiger partial charge is 0.328 e. The zero-order valence-corrected chi connectivity index (χ0v) is 11.6. The Morgan fingerprint density at radius 1 is 1.05 bits per heavy atom. The standard InChI is InChI=1S/C16H15ClN2O/c17-13-8-6-12(7-9-13)15-14(18)16(20)19(15)10-11-4-2-1-3-5-11/h1-9,14-15H,10,18H2. The van der Waals surface area contributed by atoms with E-state index < -0.39 is 6.04 Å². The molecule has 20 heavy (non-hydrogen) atoms. The van der Waals surface area contributed by atoms with Crippen LogP contribution in [-0.4, -0.2) is 16.8 Å². The third-order valence-electron chi connectivity index (χ3n) is 3.65. The van der Waals surface area contributed by atoms with E-state index in [0.717, 1.165) is 11.1 Å². The van der Waals surface area contributed by atoms with Crippen molar-refractivity contribution < 1.29 is 4.79 Å². The van der Waals surface area contributed by atoms with Crippen molar-refractivity contribution in [1.82, 2.24) is 4.90 Å². The Balaban J connectivity index is 1.82. The zero-order valence-electron chi connectivity index (χ0n) is 10.9. The fraction of sp³-hybridized carbons (Fsp3) is 0.188. The monoisotopic (exact) mass is 286 g/mol. The van der Waals surface area contributed by atoms with Crippen LogP contribution in [0.4, 0.5) is 0 Å². The molecule has 1 heterocycles. The smallest absolute Gasteiger partial charge is 0.242 e. The van der Waals surface area contributed by atoms with Gasteiger partial charge in [0.05, 0.1) is 6.04 Å². The summed E-state index contributed by atoms with van der Waals surface area (Å²) in [6, 6.07) is 16.9. The molecular weight excluding hydrogens is 272 g/mol. The molecule has 0 aliphatic carbocycles.